The Morgan fingerprint density at radius 3 is 2.00 bits per heavy atom. The molecule has 0 radical (unpaired) electrons. The third-order valence-electron chi connectivity index (χ3n) is 4.42. The number of esters is 1. The second kappa shape index (κ2) is 10.4. The van der Waals surface area contributed by atoms with Crippen molar-refractivity contribution in [3.63, 3.8) is 0 Å². The van der Waals surface area contributed by atoms with Crippen molar-refractivity contribution < 1.29 is 29.2 Å². The Balaban J connectivity index is 1.77. The Hall–Kier alpha value is -5.80. The maximum atomic E-state index is 12.4. The highest BCUT2D eigenvalue weighted by molar-refractivity contribution is 5.93. The Bertz CT molecular complexity index is 1410. The highest BCUT2D eigenvalue weighted by Crippen LogP contribution is 2.29. The number of anilines is 1. The van der Waals surface area contributed by atoms with Crippen molar-refractivity contribution in [1.82, 2.24) is 0 Å². The second-order valence-corrected chi connectivity index (χ2v) is 6.80. The first-order valence-corrected chi connectivity index (χ1v) is 9.53. The smallest absolute Gasteiger partial charge is 0.344 e. The van der Waals surface area contributed by atoms with Gasteiger partial charge in [0.25, 0.3) is 17.1 Å². The van der Waals surface area contributed by atoms with Crippen LogP contribution in [0.1, 0.15) is 15.9 Å². The molecule has 1 N–H and O–H groups in total. The van der Waals surface area contributed by atoms with Gasteiger partial charge >= 0.3 is 11.7 Å². The van der Waals surface area contributed by atoms with Gasteiger partial charge in [0, 0.05) is 18.2 Å². The molecule has 0 bridgehead atoms. The lowest BCUT2D eigenvalue weighted by Gasteiger charge is -2.06. The van der Waals surface area contributed by atoms with Crippen molar-refractivity contribution in [2.45, 2.75) is 0 Å². The quantitative estimate of drug-likeness (QED) is 0.146. The van der Waals surface area contributed by atoms with Gasteiger partial charge in [0.15, 0.2) is 0 Å². The van der Waals surface area contributed by atoms with Crippen LogP contribution in [0.4, 0.5) is 28.4 Å². The molecule has 0 saturated heterocycles. The number of non-ortho nitro benzene ring substituents is 3. The summed E-state index contributed by atoms with van der Waals surface area (Å²) in [5.74, 6) is -1.12. The van der Waals surface area contributed by atoms with Crippen LogP contribution in [0.15, 0.2) is 65.8 Å². The molecule has 0 aliphatic carbocycles. The summed E-state index contributed by atoms with van der Waals surface area (Å²) in [6, 6.07) is 11.0. The van der Waals surface area contributed by atoms with Gasteiger partial charge < -0.3 is 4.74 Å². The van der Waals surface area contributed by atoms with Gasteiger partial charge in [-0.25, -0.2) is 4.79 Å². The molecule has 0 aromatic heterocycles. The standard InChI is InChI=1S/C20H12N6O10/c27-20(13-7-15(24(30)31)9-16(8-13)25(32)33)36-17-3-1-2-12(6-17)11-21-22-18-5-4-14(23(28)29)10-19(18)26(34)35/h1-11,22H. The maximum absolute atomic E-state index is 12.4. The molecular weight excluding hydrogens is 484 g/mol. The van der Waals surface area contributed by atoms with Gasteiger partial charge in [0.2, 0.25) is 0 Å². The lowest BCUT2D eigenvalue weighted by molar-refractivity contribution is -0.394. The first-order chi connectivity index (χ1) is 17.0. The summed E-state index contributed by atoms with van der Waals surface area (Å²) in [6.45, 7) is 0. The monoisotopic (exact) mass is 496 g/mol. The zero-order valence-electron chi connectivity index (χ0n) is 17.7. The molecule has 0 spiro atoms. The van der Waals surface area contributed by atoms with Crippen molar-refractivity contribution >= 4 is 40.6 Å². The lowest BCUT2D eigenvalue weighted by Crippen LogP contribution is -2.10. The van der Waals surface area contributed by atoms with E-state index in [4.69, 9.17) is 4.74 Å². The fourth-order valence-corrected chi connectivity index (χ4v) is 2.80. The number of rotatable bonds is 9. The maximum Gasteiger partial charge on any atom is 0.344 e. The predicted molar refractivity (Wildman–Crippen MR) is 122 cm³/mol. The molecule has 3 aromatic carbocycles. The van der Waals surface area contributed by atoms with Crippen LogP contribution in [0.3, 0.4) is 0 Å². The average Bonchev–Trinajstić information content (AvgIpc) is 2.83. The Morgan fingerprint density at radius 2 is 1.42 bits per heavy atom. The number of benzene rings is 3. The minimum Gasteiger partial charge on any atom is -0.423 e. The van der Waals surface area contributed by atoms with Crippen LogP contribution in [-0.2, 0) is 0 Å². The van der Waals surface area contributed by atoms with Crippen LogP contribution >= 0.6 is 0 Å². The fourth-order valence-electron chi connectivity index (χ4n) is 2.80. The molecule has 3 aromatic rings. The number of nitrogens with zero attached hydrogens (tertiary/aromatic N) is 5. The molecule has 0 atom stereocenters. The Morgan fingerprint density at radius 1 is 0.778 bits per heavy atom. The molecule has 0 saturated carbocycles. The van der Waals surface area contributed by atoms with E-state index in [-0.39, 0.29) is 11.4 Å². The highest BCUT2D eigenvalue weighted by Gasteiger charge is 2.21. The van der Waals surface area contributed by atoms with Gasteiger partial charge in [-0.3, -0.25) is 45.9 Å². The molecule has 0 aliphatic rings. The van der Waals surface area contributed by atoms with Crippen LogP contribution in [0.25, 0.3) is 0 Å². The number of hydrogen-bond acceptors (Lipinski definition) is 12. The van der Waals surface area contributed by atoms with E-state index < -0.39 is 54.0 Å². The van der Waals surface area contributed by atoms with E-state index in [1.54, 1.807) is 0 Å². The van der Waals surface area contributed by atoms with Crippen molar-refractivity contribution in [2.24, 2.45) is 5.10 Å². The van der Waals surface area contributed by atoms with Crippen molar-refractivity contribution in [1.29, 1.82) is 0 Å². The molecule has 0 heterocycles. The van der Waals surface area contributed by atoms with Crippen LogP contribution < -0.4 is 10.2 Å². The van der Waals surface area contributed by atoms with E-state index in [0.29, 0.717) is 11.6 Å². The summed E-state index contributed by atoms with van der Waals surface area (Å²) >= 11 is 0. The molecule has 0 amide bonds. The van der Waals surface area contributed by atoms with E-state index in [0.717, 1.165) is 30.3 Å². The largest absolute Gasteiger partial charge is 0.423 e. The average molecular weight is 496 g/mol. The van der Waals surface area contributed by atoms with E-state index in [9.17, 15) is 45.3 Å². The zero-order chi connectivity index (χ0) is 26.4. The lowest BCUT2D eigenvalue weighted by atomic mass is 10.1. The van der Waals surface area contributed by atoms with Gasteiger partial charge in [-0.2, -0.15) is 5.10 Å². The third-order valence-corrected chi connectivity index (χ3v) is 4.42. The van der Waals surface area contributed by atoms with Crippen molar-refractivity contribution in [2.75, 3.05) is 5.43 Å². The molecule has 3 rings (SSSR count). The SMILES string of the molecule is O=C(Oc1cccc(C=NNc2ccc([N+](=O)[O-])cc2[N+](=O)[O-])c1)c1cc([N+](=O)[O-])cc([N+](=O)[O-])c1. The van der Waals surface area contributed by atoms with Gasteiger partial charge in [0.05, 0.1) is 43.6 Å². The zero-order valence-corrected chi connectivity index (χ0v) is 17.7. The summed E-state index contributed by atoms with van der Waals surface area (Å²) in [4.78, 5) is 53.1. The van der Waals surface area contributed by atoms with E-state index >= 15 is 0 Å². The molecule has 0 fully saturated rings. The number of hydrazone groups is 1. The second-order valence-electron chi connectivity index (χ2n) is 6.80. The summed E-state index contributed by atoms with van der Waals surface area (Å²) in [7, 11) is 0. The van der Waals surface area contributed by atoms with Gasteiger partial charge in [-0.15, -0.1) is 0 Å². The number of ether oxygens (including phenoxy) is 1. The number of carbonyl (C=O) groups is 1. The third kappa shape index (κ3) is 5.95. The van der Waals surface area contributed by atoms with E-state index in [1.165, 1.54) is 30.5 Å². The van der Waals surface area contributed by atoms with Gasteiger partial charge in [0.1, 0.15) is 11.4 Å². The minimum atomic E-state index is -1.09. The molecule has 182 valence electrons. The van der Waals surface area contributed by atoms with Crippen LogP contribution in [0, 0.1) is 40.5 Å². The molecule has 0 unspecified atom stereocenters. The number of nitro benzene ring substituents is 4. The van der Waals surface area contributed by atoms with Gasteiger partial charge in [-0.05, 0) is 23.8 Å². The summed E-state index contributed by atoms with van der Waals surface area (Å²) in [6.07, 6.45) is 1.21. The van der Waals surface area contributed by atoms with E-state index in [1.807, 2.05) is 0 Å². The number of carbonyl (C=O) groups excluding carboxylic acids is 1. The minimum absolute atomic E-state index is 0.0283. The molecule has 16 nitrogen and oxygen atoms in total. The van der Waals surface area contributed by atoms with Crippen molar-refractivity contribution in [3.05, 3.63) is 112 Å². The first-order valence-electron chi connectivity index (χ1n) is 9.53. The predicted octanol–water partition coefficient (Wildman–Crippen LogP) is 3.98. The Labute approximate surface area is 199 Å². The molecular formula is C20H12N6O10. The normalized spacial score (nSPS) is 10.6. The van der Waals surface area contributed by atoms with Crippen molar-refractivity contribution in [3.8, 4) is 5.75 Å². The van der Waals surface area contributed by atoms with Gasteiger partial charge in [-0.1, -0.05) is 12.1 Å². The summed E-state index contributed by atoms with van der Waals surface area (Å²) in [5, 5.41) is 47.8. The highest BCUT2D eigenvalue weighted by atomic mass is 16.6. The fraction of sp³-hybridized carbons (Fsp3) is 0. The first kappa shape index (κ1) is 24.8. The van der Waals surface area contributed by atoms with Crippen LogP contribution in [-0.4, -0.2) is 31.9 Å². The number of nitro groups is 4. The summed E-state index contributed by atoms with van der Waals surface area (Å²) < 4.78 is 5.14. The number of hydrogen-bond donors (Lipinski definition) is 1. The van der Waals surface area contributed by atoms with Crippen LogP contribution in [0.5, 0.6) is 5.75 Å². The molecule has 36 heavy (non-hydrogen) atoms. The number of nitrogens with one attached hydrogen (secondary N) is 1. The topological polar surface area (TPSA) is 223 Å². The van der Waals surface area contributed by atoms with Crippen LogP contribution in [0.2, 0.25) is 0 Å². The molecule has 16 heteroatoms. The Kier molecular flexibility index (Phi) is 7.19. The summed E-state index contributed by atoms with van der Waals surface area (Å²) in [5.41, 5.74) is -0.154. The molecule has 0 aliphatic heterocycles. The van der Waals surface area contributed by atoms with E-state index in [2.05, 4.69) is 10.5 Å².